The van der Waals surface area contributed by atoms with E-state index in [9.17, 15) is 0 Å². The second-order valence-corrected chi connectivity index (χ2v) is 5.17. The standard InChI is InChI=1S/C15H24N2/c1-13-5-3-6-14(11-13)8-10-17-9-4-7-15(12-17)16-2/h3,5-6,11,15-16H,4,7-10,12H2,1-2H3. The maximum Gasteiger partial charge on any atom is 0.0192 e. The predicted molar refractivity (Wildman–Crippen MR) is 73.4 cm³/mol. The molecule has 0 aliphatic carbocycles. The minimum absolute atomic E-state index is 0.696. The summed E-state index contributed by atoms with van der Waals surface area (Å²) in [5.41, 5.74) is 2.84. The minimum atomic E-state index is 0.696. The summed E-state index contributed by atoms with van der Waals surface area (Å²) in [5.74, 6) is 0. The van der Waals surface area contributed by atoms with E-state index < -0.39 is 0 Å². The lowest BCUT2D eigenvalue weighted by Crippen LogP contribution is -2.44. The van der Waals surface area contributed by atoms with Gasteiger partial charge in [0.05, 0.1) is 0 Å². The molecule has 1 aromatic carbocycles. The number of aryl methyl sites for hydroxylation is 1. The fraction of sp³-hybridized carbons (Fsp3) is 0.600. The molecule has 0 aromatic heterocycles. The Morgan fingerprint density at radius 2 is 2.29 bits per heavy atom. The number of nitrogens with one attached hydrogen (secondary N) is 1. The summed E-state index contributed by atoms with van der Waals surface area (Å²) in [6, 6.07) is 9.58. The normalized spacial score (nSPS) is 21.6. The molecule has 1 aliphatic heterocycles. The van der Waals surface area contributed by atoms with Crippen LogP contribution in [0.15, 0.2) is 24.3 Å². The monoisotopic (exact) mass is 232 g/mol. The van der Waals surface area contributed by atoms with E-state index in [1.54, 1.807) is 0 Å². The van der Waals surface area contributed by atoms with Gasteiger partial charge < -0.3 is 10.2 Å². The van der Waals surface area contributed by atoms with Crippen molar-refractivity contribution in [3.63, 3.8) is 0 Å². The molecule has 0 amide bonds. The summed E-state index contributed by atoms with van der Waals surface area (Å²) in [4.78, 5) is 2.59. The van der Waals surface area contributed by atoms with Crippen LogP contribution in [0, 0.1) is 6.92 Å². The number of rotatable bonds is 4. The van der Waals surface area contributed by atoms with Gasteiger partial charge in [0.25, 0.3) is 0 Å². The lowest BCUT2D eigenvalue weighted by molar-refractivity contribution is 0.197. The van der Waals surface area contributed by atoms with Crippen LogP contribution in [0.5, 0.6) is 0 Å². The van der Waals surface area contributed by atoms with E-state index in [0.29, 0.717) is 6.04 Å². The van der Waals surface area contributed by atoms with Gasteiger partial charge in [-0.1, -0.05) is 29.8 Å². The van der Waals surface area contributed by atoms with Crippen LogP contribution in [0.2, 0.25) is 0 Å². The van der Waals surface area contributed by atoms with Crippen LogP contribution in [-0.2, 0) is 6.42 Å². The summed E-state index contributed by atoms with van der Waals surface area (Å²) in [5, 5.41) is 3.40. The molecule has 1 N–H and O–H groups in total. The largest absolute Gasteiger partial charge is 0.316 e. The van der Waals surface area contributed by atoms with Crippen molar-refractivity contribution in [3.8, 4) is 0 Å². The van der Waals surface area contributed by atoms with E-state index in [-0.39, 0.29) is 0 Å². The van der Waals surface area contributed by atoms with Crippen molar-refractivity contribution in [3.05, 3.63) is 35.4 Å². The van der Waals surface area contributed by atoms with Gasteiger partial charge in [0, 0.05) is 19.1 Å². The lowest BCUT2D eigenvalue weighted by atomic mass is 10.0. The third-order valence-electron chi connectivity index (χ3n) is 3.71. The van der Waals surface area contributed by atoms with Gasteiger partial charge in [-0.05, 0) is 45.3 Å². The zero-order chi connectivity index (χ0) is 12.1. The molecule has 94 valence electrons. The first-order valence-electron chi connectivity index (χ1n) is 6.73. The molecule has 1 heterocycles. The smallest absolute Gasteiger partial charge is 0.0192 e. The maximum atomic E-state index is 3.40. The van der Waals surface area contributed by atoms with E-state index in [2.05, 4.69) is 48.5 Å². The second kappa shape index (κ2) is 6.18. The van der Waals surface area contributed by atoms with Crippen molar-refractivity contribution < 1.29 is 0 Å². The molecular weight excluding hydrogens is 208 g/mol. The summed E-state index contributed by atoms with van der Waals surface area (Å²) in [6.45, 7) is 5.84. The van der Waals surface area contributed by atoms with Crippen LogP contribution in [0.1, 0.15) is 24.0 Å². The van der Waals surface area contributed by atoms with Gasteiger partial charge in [0.1, 0.15) is 0 Å². The van der Waals surface area contributed by atoms with Crippen molar-refractivity contribution in [2.24, 2.45) is 0 Å². The molecule has 0 radical (unpaired) electrons. The fourth-order valence-corrected chi connectivity index (χ4v) is 2.65. The van der Waals surface area contributed by atoms with E-state index in [0.717, 1.165) is 0 Å². The Labute approximate surface area is 105 Å². The topological polar surface area (TPSA) is 15.3 Å². The Balaban J connectivity index is 1.81. The van der Waals surface area contributed by atoms with Crippen molar-refractivity contribution >= 4 is 0 Å². The Morgan fingerprint density at radius 3 is 3.06 bits per heavy atom. The molecule has 0 spiro atoms. The van der Waals surface area contributed by atoms with Crippen LogP contribution in [0.4, 0.5) is 0 Å². The Morgan fingerprint density at radius 1 is 1.41 bits per heavy atom. The van der Waals surface area contributed by atoms with Gasteiger partial charge in [0.2, 0.25) is 0 Å². The Hall–Kier alpha value is -0.860. The third-order valence-corrected chi connectivity index (χ3v) is 3.71. The molecule has 1 atom stereocenters. The van der Waals surface area contributed by atoms with Crippen LogP contribution in [0.3, 0.4) is 0 Å². The first-order valence-corrected chi connectivity index (χ1v) is 6.73. The molecule has 1 saturated heterocycles. The number of hydrogen-bond donors (Lipinski definition) is 1. The summed E-state index contributed by atoms with van der Waals surface area (Å²) in [7, 11) is 2.08. The van der Waals surface area contributed by atoms with Crippen molar-refractivity contribution in [2.45, 2.75) is 32.2 Å². The second-order valence-electron chi connectivity index (χ2n) is 5.17. The number of likely N-dealkylation sites (tertiary alicyclic amines) is 1. The van der Waals surface area contributed by atoms with Crippen molar-refractivity contribution in [1.82, 2.24) is 10.2 Å². The molecular formula is C15H24N2. The van der Waals surface area contributed by atoms with Crippen LogP contribution >= 0.6 is 0 Å². The first kappa shape index (κ1) is 12.6. The van der Waals surface area contributed by atoms with Crippen molar-refractivity contribution in [1.29, 1.82) is 0 Å². The van der Waals surface area contributed by atoms with E-state index >= 15 is 0 Å². The average molecular weight is 232 g/mol. The molecule has 0 saturated carbocycles. The van der Waals surface area contributed by atoms with Gasteiger partial charge >= 0.3 is 0 Å². The molecule has 2 nitrogen and oxygen atoms in total. The quantitative estimate of drug-likeness (QED) is 0.856. The van der Waals surface area contributed by atoms with Crippen LogP contribution in [-0.4, -0.2) is 37.6 Å². The molecule has 1 fully saturated rings. The first-order chi connectivity index (χ1) is 8.28. The summed E-state index contributed by atoms with van der Waals surface area (Å²) < 4.78 is 0. The van der Waals surface area contributed by atoms with E-state index in [1.165, 1.54) is 50.0 Å². The Bertz CT molecular complexity index is 349. The number of nitrogens with zero attached hydrogens (tertiary/aromatic N) is 1. The predicted octanol–water partition coefficient (Wildman–Crippen LogP) is 2.22. The van der Waals surface area contributed by atoms with E-state index in [4.69, 9.17) is 0 Å². The molecule has 2 heteroatoms. The zero-order valence-corrected chi connectivity index (χ0v) is 11.1. The highest BCUT2D eigenvalue weighted by molar-refractivity contribution is 5.22. The molecule has 0 bridgehead atoms. The van der Waals surface area contributed by atoms with Crippen LogP contribution in [0.25, 0.3) is 0 Å². The third kappa shape index (κ3) is 3.83. The summed E-state index contributed by atoms with van der Waals surface area (Å²) >= 11 is 0. The van der Waals surface area contributed by atoms with Gasteiger partial charge in [-0.25, -0.2) is 0 Å². The van der Waals surface area contributed by atoms with Gasteiger partial charge in [-0.15, -0.1) is 0 Å². The highest BCUT2D eigenvalue weighted by Gasteiger charge is 2.17. The highest BCUT2D eigenvalue weighted by atomic mass is 15.2. The average Bonchev–Trinajstić information content (AvgIpc) is 2.37. The fourth-order valence-electron chi connectivity index (χ4n) is 2.65. The number of hydrogen-bond acceptors (Lipinski definition) is 2. The van der Waals surface area contributed by atoms with Gasteiger partial charge in [-0.2, -0.15) is 0 Å². The SMILES string of the molecule is CNC1CCCN(CCc2cccc(C)c2)C1. The van der Waals surface area contributed by atoms with E-state index in [1.807, 2.05) is 0 Å². The molecule has 1 aliphatic rings. The van der Waals surface area contributed by atoms with Gasteiger partial charge in [0.15, 0.2) is 0 Å². The molecule has 1 unspecified atom stereocenters. The maximum absolute atomic E-state index is 3.40. The molecule has 17 heavy (non-hydrogen) atoms. The van der Waals surface area contributed by atoms with Crippen molar-refractivity contribution in [2.75, 3.05) is 26.7 Å². The number of benzene rings is 1. The molecule has 2 rings (SSSR count). The summed E-state index contributed by atoms with van der Waals surface area (Å²) in [6.07, 6.45) is 3.84. The van der Waals surface area contributed by atoms with Crippen LogP contribution < -0.4 is 5.32 Å². The Kier molecular flexibility index (Phi) is 4.57. The lowest BCUT2D eigenvalue weighted by Gasteiger charge is -2.32. The minimum Gasteiger partial charge on any atom is -0.316 e. The number of piperidine rings is 1. The zero-order valence-electron chi connectivity index (χ0n) is 11.1. The highest BCUT2D eigenvalue weighted by Crippen LogP contribution is 2.11. The number of likely N-dealkylation sites (N-methyl/N-ethyl adjacent to an activating group) is 1. The van der Waals surface area contributed by atoms with Gasteiger partial charge in [-0.3, -0.25) is 0 Å². The molecule has 1 aromatic rings.